The van der Waals surface area contributed by atoms with E-state index in [2.05, 4.69) is 10.3 Å². The molecule has 0 spiro atoms. The quantitative estimate of drug-likeness (QED) is 0.604. The molecule has 0 aromatic heterocycles. The molecule has 1 N–H and O–H groups in total. The van der Waals surface area contributed by atoms with Crippen LogP contribution in [0.1, 0.15) is 5.56 Å². The van der Waals surface area contributed by atoms with Gasteiger partial charge >= 0.3 is 0 Å². The highest BCUT2D eigenvalue weighted by molar-refractivity contribution is 5.85. The van der Waals surface area contributed by atoms with Crippen LogP contribution < -0.4 is 0 Å². The van der Waals surface area contributed by atoms with Crippen molar-refractivity contribution in [3.05, 3.63) is 40.8 Å². The molecule has 0 atom stereocenters. The lowest BCUT2D eigenvalue weighted by Gasteiger charge is -1.95. The molecule has 1 rings (SSSR count). The summed E-state index contributed by atoms with van der Waals surface area (Å²) in [6.07, 6.45) is 0. The molecule has 5 heteroatoms. The number of ether oxygens (including phenoxy) is 1. The van der Waals surface area contributed by atoms with Crippen LogP contribution in [0.3, 0.4) is 0 Å². The zero-order valence-corrected chi connectivity index (χ0v) is 7.62. The highest BCUT2D eigenvalue weighted by atomic mass is 35.5. The van der Waals surface area contributed by atoms with Crippen LogP contribution in [0, 0.1) is 10.5 Å². The van der Waals surface area contributed by atoms with Gasteiger partial charge in [0.05, 0.1) is 0 Å². The normalized spacial score (nSPS) is 7.08. The van der Waals surface area contributed by atoms with Crippen molar-refractivity contribution in [2.24, 2.45) is 0 Å². The summed E-state index contributed by atoms with van der Waals surface area (Å²) in [5.74, 6) is 0. The molecule has 0 unspecified atom stereocenters. The van der Waals surface area contributed by atoms with Gasteiger partial charge in [0.1, 0.15) is 6.61 Å². The van der Waals surface area contributed by atoms with Crippen LogP contribution in [0.2, 0.25) is 0 Å². The summed E-state index contributed by atoms with van der Waals surface area (Å²) in [7, 11) is 0. The number of halogens is 1. The standard InChI is InChI=1S/C8H8O2.ClH.HNO/c9-7-10-6-8-4-2-1-3-5-8;;1-2/h1-5,7H,6H2;1H;1H. The molecular weight excluding hydrogens is 194 g/mol. The predicted octanol–water partition coefficient (Wildman–Crippen LogP) is 2.11. The Labute approximate surface area is 82.1 Å². The highest BCUT2D eigenvalue weighted by Crippen LogP contribution is 1.98. The maximum absolute atomic E-state index is 9.76. The number of hydrogen-bond acceptors (Lipinski definition) is 4. The Morgan fingerprint density at radius 3 is 2.23 bits per heavy atom. The van der Waals surface area contributed by atoms with Gasteiger partial charge in [0.2, 0.25) is 0 Å². The minimum atomic E-state index is 0. The van der Waals surface area contributed by atoms with Gasteiger partial charge in [-0.15, -0.1) is 12.4 Å². The van der Waals surface area contributed by atoms with Gasteiger partial charge in [-0.25, -0.2) is 0 Å². The minimum absolute atomic E-state index is 0. The lowest BCUT2D eigenvalue weighted by molar-refractivity contribution is -0.129. The number of carbonyl (C=O) groups excluding carboxylic acids is 1. The molecule has 0 aliphatic heterocycles. The Morgan fingerprint density at radius 1 is 1.23 bits per heavy atom. The van der Waals surface area contributed by atoms with E-state index in [-0.39, 0.29) is 12.4 Å². The number of hydrogen-bond donors (Lipinski definition) is 1. The predicted molar refractivity (Wildman–Crippen MR) is 50.6 cm³/mol. The van der Waals surface area contributed by atoms with Gasteiger partial charge < -0.3 is 4.74 Å². The van der Waals surface area contributed by atoms with Crippen molar-refractivity contribution in [1.82, 2.24) is 0 Å². The molecule has 0 fully saturated rings. The van der Waals surface area contributed by atoms with Gasteiger partial charge in [-0.1, -0.05) is 35.9 Å². The summed E-state index contributed by atoms with van der Waals surface area (Å²) >= 11 is 0. The number of benzene rings is 1. The summed E-state index contributed by atoms with van der Waals surface area (Å²) in [6, 6.07) is 9.55. The van der Waals surface area contributed by atoms with Crippen molar-refractivity contribution in [3.8, 4) is 0 Å². The second-order valence-electron chi connectivity index (χ2n) is 1.89. The Kier molecular flexibility index (Phi) is 11.5. The van der Waals surface area contributed by atoms with E-state index in [0.29, 0.717) is 13.1 Å². The Bertz CT molecular complexity index is 218. The Morgan fingerprint density at radius 2 is 1.77 bits per heavy atom. The zero-order chi connectivity index (χ0) is 9.23. The number of carbonyl (C=O) groups is 1. The first kappa shape index (κ1) is 14.1. The van der Waals surface area contributed by atoms with E-state index in [9.17, 15) is 4.79 Å². The molecule has 0 radical (unpaired) electrons. The van der Waals surface area contributed by atoms with E-state index in [4.69, 9.17) is 4.91 Å². The third-order valence-electron chi connectivity index (χ3n) is 1.16. The summed E-state index contributed by atoms with van der Waals surface area (Å²) in [4.78, 5) is 17.3. The minimum Gasteiger partial charge on any atom is -0.463 e. The van der Waals surface area contributed by atoms with Gasteiger partial charge in [0.25, 0.3) is 6.47 Å². The van der Waals surface area contributed by atoms with Gasteiger partial charge in [-0.05, 0) is 5.56 Å². The summed E-state index contributed by atoms with van der Waals surface area (Å²) in [5, 5.41) is 0. The largest absolute Gasteiger partial charge is 0.463 e. The number of nitroso groups, excluding NO2 is 1. The van der Waals surface area contributed by atoms with Crippen LogP contribution in [0.15, 0.2) is 30.3 Å². The van der Waals surface area contributed by atoms with E-state index < -0.39 is 0 Å². The first-order valence-corrected chi connectivity index (χ1v) is 3.23. The zero-order valence-electron chi connectivity index (χ0n) is 6.80. The maximum atomic E-state index is 9.76. The molecule has 1 aromatic carbocycles. The molecule has 72 valence electrons. The van der Waals surface area contributed by atoms with E-state index >= 15 is 0 Å². The van der Waals surface area contributed by atoms with Gasteiger partial charge in [0, 0.05) is 0 Å². The average Bonchev–Trinajstić information content (AvgIpc) is 2.19. The van der Waals surface area contributed by atoms with Crippen LogP contribution in [-0.4, -0.2) is 6.47 Å². The third kappa shape index (κ3) is 6.96. The monoisotopic (exact) mass is 203 g/mol. The molecule has 0 bridgehead atoms. The van der Waals surface area contributed by atoms with E-state index in [1.54, 1.807) is 0 Å². The summed E-state index contributed by atoms with van der Waals surface area (Å²) in [5.41, 5.74) is 5.51. The molecule has 0 aliphatic carbocycles. The second kappa shape index (κ2) is 10.6. The number of rotatable bonds is 3. The van der Waals surface area contributed by atoms with Crippen LogP contribution in [0.5, 0.6) is 0 Å². The van der Waals surface area contributed by atoms with Gasteiger partial charge in [0.15, 0.2) is 0 Å². The smallest absolute Gasteiger partial charge is 0.293 e. The van der Waals surface area contributed by atoms with Crippen molar-refractivity contribution >= 4 is 18.9 Å². The summed E-state index contributed by atoms with van der Waals surface area (Å²) < 4.78 is 4.54. The first-order chi connectivity index (χ1) is 5.93. The molecule has 0 saturated carbocycles. The van der Waals surface area contributed by atoms with Gasteiger partial charge in [-0.3, -0.25) is 4.79 Å². The third-order valence-corrected chi connectivity index (χ3v) is 1.16. The van der Waals surface area contributed by atoms with E-state index in [1.165, 1.54) is 0 Å². The molecule has 0 heterocycles. The maximum Gasteiger partial charge on any atom is 0.293 e. The first-order valence-electron chi connectivity index (χ1n) is 3.23. The second-order valence-corrected chi connectivity index (χ2v) is 1.89. The number of nitrogens with one attached hydrogen (secondary N) is 1. The topological polar surface area (TPSA) is 67.2 Å². The van der Waals surface area contributed by atoms with Crippen molar-refractivity contribution in [2.45, 2.75) is 6.61 Å². The van der Waals surface area contributed by atoms with Crippen molar-refractivity contribution < 1.29 is 9.53 Å². The molecule has 0 saturated heterocycles. The molecule has 0 aliphatic rings. The Balaban J connectivity index is 0. The van der Waals surface area contributed by atoms with Gasteiger partial charge in [-0.2, -0.15) is 4.91 Å². The molecule has 1 aromatic rings. The molecule has 13 heavy (non-hydrogen) atoms. The van der Waals surface area contributed by atoms with E-state index in [0.717, 1.165) is 5.56 Å². The molecule has 0 amide bonds. The van der Waals surface area contributed by atoms with Crippen LogP contribution in [-0.2, 0) is 16.1 Å². The van der Waals surface area contributed by atoms with Crippen molar-refractivity contribution in [2.75, 3.05) is 0 Å². The van der Waals surface area contributed by atoms with Crippen molar-refractivity contribution in [3.63, 3.8) is 0 Å². The SMILES string of the molecule is Cl.N=O.O=COCc1ccccc1. The van der Waals surface area contributed by atoms with Crippen LogP contribution >= 0.6 is 12.4 Å². The average molecular weight is 204 g/mol. The Hall–Kier alpha value is -1.42. The molecular formula is C8H10ClNO3. The lowest BCUT2D eigenvalue weighted by Crippen LogP contribution is -1.88. The highest BCUT2D eigenvalue weighted by Gasteiger charge is 1.87. The fourth-order valence-electron chi connectivity index (χ4n) is 0.704. The molecule has 4 nitrogen and oxygen atoms in total. The van der Waals surface area contributed by atoms with E-state index in [1.807, 2.05) is 30.3 Å². The van der Waals surface area contributed by atoms with Crippen LogP contribution in [0.25, 0.3) is 0 Å². The fraction of sp³-hybridized carbons (Fsp3) is 0.125. The summed E-state index contributed by atoms with van der Waals surface area (Å²) in [6.45, 7) is 0.817. The van der Waals surface area contributed by atoms with Crippen molar-refractivity contribution in [1.29, 1.82) is 5.59 Å². The van der Waals surface area contributed by atoms with Crippen LogP contribution in [0.4, 0.5) is 0 Å². The lowest BCUT2D eigenvalue weighted by atomic mass is 10.2. The fourth-order valence-corrected chi connectivity index (χ4v) is 0.704.